The minimum atomic E-state index is -1.71. The van der Waals surface area contributed by atoms with Crippen LogP contribution in [0.15, 0.2) is 84.9 Å². The summed E-state index contributed by atoms with van der Waals surface area (Å²) in [6, 6.07) is 25.9. The van der Waals surface area contributed by atoms with E-state index in [-0.39, 0.29) is 25.6 Å². The van der Waals surface area contributed by atoms with Crippen molar-refractivity contribution in [3.8, 4) is 0 Å². The van der Waals surface area contributed by atoms with Crippen molar-refractivity contribution in [3.05, 3.63) is 107 Å². The molecule has 0 amide bonds. The molecule has 0 bridgehead atoms. The van der Waals surface area contributed by atoms with E-state index in [4.69, 9.17) is 9.47 Å². The third-order valence-electron chi connectivity index (χ3n) is 7.21. The lowest BCUT2D eigenvalue weighted by atomic mass is 9.61. The summed E-state index contributed by atoms with van der Waals surface area (Å²) >= 11 is 0. The number of Topliss-reactive ketones (excluding diaryl/α,β-unsaturated/α-hetero) is 1. The van der Waals surface area contributed by atoms with Gasteiger partial charge in [-0.25, -0.2) is 0 Å². The lowest BCUT2D eigenvalue weighted by molar-refractivity contribution is -0.174. The average molecular weight is 515 g/mol. The molecule has 6 nitrogen and oxygen atoms in total. The first-order chi connectivity index (χ1) is 18.2. The monoisotopic (exact) mass is 514 g/mol. The molecule has 0 saturated heterocycles. The Bertz CT molecular complexity index is 1250. The van der Waals surface area contributed by atoms with E-state index in [9.17, 15) is 19.5 Å². The van der Waals surface area contributed by atoms with E-state index in [1.54, 1.807) is 0 Å². The van der Waals surface area contributed by atoms with E-state index in [0.29, 0.717) is 5.56 Å². The first-order valence-corrected chi connectivity index (χ1v) is 12.9. The van der Waals surface area contributed by atoms with E-state index in [2.05, 4.69) is 13.8 Å². The molecule has 1 fully saturated rings. The van der Waals surface area contributed by atoms with Crippen LogP contribution in [0.1, 0.15) is 61.3 Å². The van der Waals surface area contributed by atoms with Gasteiger partial charge in [-0.05, 0) is 35.1 Å². The summed E-state index contributed by atoms with van der Waals surface area (Å²) in [4.78, 5) is 40.3. The Balaban J connectivity index is 1.68. The van der Waals surface area contributed by atoms with Crippen LogP contribution in [0.5, 0.6) is 0 Å². The second-order valence-electron chi connectivity index (χ2n) is 10.5. The Morgan fingerprint density at radius 2 is 1.34 bits per heavy atom. The van der Waals surface area contributed by atoms with Gasteiger partial charge in [-0.1, -0.05) is 98.8 Å². The first-order valence-electron chi connectivity index (χ1n) is 12.9. The molecule has 1 saturated carbocycles. The molecule has 0 radical (unpaired) electrons. The number of esters is 2. The molecule has 4 unspecified atom stereocenters. The van der Waals surface area contributed by atoms with E-state index in [0.717, 1.165) is 16.7 Å². The van der Waals surface area contributed by atoms with E-state index >= 15 is 0 Å². The number of rotatable bonds is 8. The smallest absolute Gasteiger partial charge is 0.317 e. The van der Waals surface area contributed by atoms with Crippen molar-refractivity contribution in [2.24, 2.45) is 11.8 Å². The summed E-state index contributed by atoms with van der Waals surface area (Å²) in [6.07, 6.45) is -0.357. The maximum absolute atomic E-state index is 13.6. The number of carbonyl (C=O) groups excluding carboxylic acids is 3. The van der Waals surface area contributed by atoms with Crippen molar-refractivity contribution in [1.29, 1.82) is 0 Å². The molecule has 4 atom stereocenters. The molecule has 1 aliphatic rings. The largest absolute Gasteiger partial charge is 0.461 e. The van der Waals surface area contributed by atoms with Gasteiger partial charge in [0.05, 0.1) is 11.5 Å². The summed E-state index contributed by atoms with van der Waals surface area (Å²) in [5, 5.41) is 11.4. The Hall–Kier alpha value is -3.77. The maximum Gasteiger partial charge on any atom is 0.317 e. The maximum atomic E-state index is 13.6. The van der Waals surface area contributed by atoms with Gasteiger partial charge in [0.25, 0.3) is 0 Å². The molecule has 0 aromatic heterocycles. The van der Waals surface area contributed by atoms with E-state index < -0.39 is 41.1 Å². The number of benzene rings is 3. The third-order valence-corrected chi connectivity index (χ3v) is 7.21. The summed E-state index contributed by atoms with van der Waals surface area (Å²) in [5.41, 5.74) is 1.56. The summed E-state index contributed by atoms with van der Waals surface area (Å²) < 4.78 is 11.2. The highest BCUT2D eigenvalue weighted by Gasteiger charge is 2.57. The standard InChI is InChI=1S/C32H34O6/c1-21(2)24-14-16-25(17-15-24)27-28(30(34)37-19-22-10-6-4-7-11-22)26(33)18-32(3,36)29(27)31(35)38-20-23-12-8-5-9-13-23/h4-17,21,27-29,36H,18-20H2,1-3H3. The molecule has 0 aliphatic heterocycles. The Labute approximate surface area is 223 Å². The third kappa shape index (κ3) is 6.20. The molecule has 1 aliphatic carbocycles. The number of hydrogen-bond acceptors (Lipinski definition) is 6. The lowest BCUT2D eigenvalue weighted by Crippen LogP contribution is -2.55. The minimum absolute atomic E-state index is 0.00196. The SMILES string of the molecule is CC(C)c1ccc(C2C(C(=O)OCc3ccccc3)C(=O)CC(C)(O)C2C(=O)OCc2ccccc2)cc1. The summed E-state index contributed by atoms with van der Waals surface area (Å²) in [6.45, 7) is 5.61. The van der Waals surface area contributed by atoms with Crippen molar-refractivity contribution in [3.63, 3.8) is 0 Å². The number of carbonyl (C=O) groups is 3. The molecular formula is C32H34O6. The van der Waals surface area contributed by atoms with Crippen LogP contribution in [-0.2, 0) is 37.1 Å². The van der Waals surface area contributed by atoms with Gasteiger partial charge in [-0.15, -0.1) is 0 Å². The lowest BCUT2D eigenvalue weighted by Gasteiger charge is -2.43. The highest BCUT2D eigenvalue weighted by Crippen LogP contribution is 2.47. The Kier molecular flexibility index (Phi) is 8.42. The summed E-state index contributed by atoms with van der Waals surface area (Å²) in [7, 11) is 0. The first kappa shape index (κ1) is 27.3. The molecule has 0 heterocycles. The zero-order valence-corrected chi connectivity index (χ0v) is 22.0. The quantitative estimate of drug-likeness (QED) is 0.323. The zero-order valence-electron chi connectivity index (χ0n) is 22.0. The van der Waals surface area contributed by atoms with Crippen molar-refractivity contribution >= 4 is 17.7 Å². The van der Waals surface area contributed by atoms with Crippen molar-refractivity contribution in [2.45, 2.75) is 57.8 Å². The van der Waals surface area contributed by atoms with Crippen molar-refractivity contribution < 1.29 is 29.0 Å². The second-order valence-corrected chi connectivity index (χ2v) is 10.5. The number of ether oxygens (including phenoxy) is 2. The fraction of sp³-hybridized carbons (Fsp3) is 0.344. The molecule has 4 rings (SSSR count). The van der Waals surface area contributed by atoms with Crippen LogP contribution >= 0.6 is 0 Å². The zero-order chi connectivity index (χ0) is 27.3. The van der Waals surface area contributed by atoms with Gasteiger partial charge in [0.1, 0.15) is 19.1 Å². The van der Waals surface area contributed by atoms with Gasteiger partial charge < -0.3 is 14.6 Å². The summed E-state index contributed by atoms with van der Waals surface area (Å²) in [5.74, 6) is -4.91. The fourth-order valence-electron chi connectivity index (χ4n) is 5.16. The Morgan fingerprint density at radius 1 is 0.842 bits per heavy atom. The van der Waals surface area contributed by atoms with Gasteiger partial charge in [0, 0.05) is 12.3 Å². The van der Waals surface area contributed by atoms with Crippen LogP contribution < -0.4 is 0 Å². The number of aliphatic hydroxyl groups is 1. The molecular weight excluding hydrogens is 480 g/mol. The highest BCUT2D eigenvalue weighted by molar-refractivity contribution is 6.02. The molecule has 38 heavy (non-hydrogen) atoms. The molecule has 0 spiro atoms. The van der Waals surface area contributed by atoms with Crippen molar-refractivity contribution in [2.75, 3.05) is 0 Å². The molecule has 3 aromatic carbocycles. The van der Waals surface area contributed by atoms with Crippen LogP contribution in [-0.4, -0.2) is 28.4 Å². The predicted octanol–water partition coefficient (Wildman–Crippen LogP) is 5.34. The van der Waals surface area contributed by atoms with Crippen LogP contribution in [0.3, 0.4) is 0 Å². The normalized spacial score (nSPS) is 23.2. The highest BCUT2D eigenvalue weighted by atomic mass is 16.5. The molecule has 198 valence electrons. The fourth-order valence-corrected chi connectivity index (χ4v) is 5.16. The number of hydrogen-bond donors (Lipinski definition) is 1. The van der Waals surface area contributed by atoms with Gasteiger partial charge in [-0.3, -0.25) is 14.4 Å². The molecule has 3 aromatic rings. The average Bonchev–Trinajstić information content (AvgIpc) is 2.90. The predicted molar refractivity (Wildman–Crippen MR) is 143 cm³/mol. The van der Waals surface area contributed by atoms with Gasteiger partial charge in [0.15, 0.2) is 5.78 Å². The Morgan fingerprint density at radius 3 is 1.84 bits per heavy atom. The van der Waals surface area contributed by atoms with E-state index in [1.165, 1.54) is 6.92 Å². The van der Waals surface area contributed by atoms with Gasteiger partial charge in [0.2, 0.25) is 0 Å². The van der Waals surface area contributed by atoms with Crippen LogP contribution in [0.25, 0.3) is 0 Å². The number of ketones is 1. The molecule has 1 N–H and O–H groups in total. The topological polar surface area (TPSA) is 89.9 Å². The van der Waals surface area contributed by atoms with Crippen LogP contribution in [0.2, 0.25) is 0 Å². The second kappa shape index (κ2) is 11.7. The van der Waals surface area contributed by atoms with E-state index in [1.807, 2.05) is 84.9 Å². The molecule has 6 heteroatoms. The van der Waals surface area contributed by atoms with Crippen molar-refractivity contribution in [1.82, 2.24) is 0 Å². The minimum Gasteiger partial charge on any atom is -0.461 e. The van der Waals surface area contributed by atoms with Gasteiger partial charge >= 0.3 is 11.9 Å². The van der Waals surface area contributed by atoms with Crippen LogP contribution in [0.4, 0.5) is 0 Å². The van der Waals surface area contributed by atoms with Crippen LogP contribution in [0, 0.1) is 11.8 Å². The van der Waals surface area contributed by atoms with Gasteiger partial charge in [-0.2, -0.15) is 0 Å².